The van der Waals surface area contributed by atoms with Gasteiger partial charge in [0.1, 0.15) is 0 Å². The molecule has 2 aromatic heterocycles. The molecule has 0 saturated carbocycles. The monoisotopic (exact) mass is 546 g/mol. The zero-order valence-electron chi connectivity index (χ0n) is 23.7. The Morgan fingerprint density at radius 3 is 1.86 bits per heavy atom. The maximum atomic E-state index is 5.21. The third-order valence-corrected chi connectivity index (χ3v) is 8.86. The fourth-order valence-corrected chi connectivity index (χ4v) is 6.81. The van der Waals surface area contributed by atoms with Gasteiger partial charge >= 0.3 is 0 Å². The van der Waals surface area contributed by atoms with Crippen molar-refractivity contribution in [3.8, 4) is 33.5 Å². The topological polar surface area (TPSA) is 25.8 Å². The second kappa shape index (κ2) is 9.20. The van der Waals surface area contributed by atoms with Crippen LogP contribution in [0.1, 0.15) is 5.69 Å². The molecule has 7 aromatic carbocycles. The summed E-state index contributed by atoms with van der Waals surface area (Å²) in [6, 6.07) is 50.4. The van der Waals surface area contributed by atoms with E-state index in [2.05, 4.69) is 133 Å². The van der Waals surface area contributed by atoms with Crippen LogP contribution in [0.5, 0.6) is 0 Å². The van der Waals surface area contributed by atoms with E-state index in [0.717, 1.165) is 44.3 Å². The van der Waals surface area contributed by atoms with Gasteiger partial charge in [0.05, 0.1) is 16.7 Å². The molecule has 0 saturated heterocycles. The molecule has 0 aliphatic heterocycles. The first-order chi connectivity index (χ1) is 21.2. The van der Waals surface area contributed by atoms with Crippen molar-refractivity contribution in [2.24, 2.45) is 0 Å². The van der Waals surface area contributed by atoms with Crippen LogP contribution in [0.2, 0.25) is 0 Å². The molecule has 0 N–H and O–H groups in total. The van der Waals surface area contributed by atoms with Crippen molar-refractivity contribution in [3.05, 3.63) is 145 Å². The van der Waals surface area contributed by atoms with Gasteiger partial charge in [0.15, 0.2) is 0 Å². The summed E-state index contributed by atoms with van der Waals surface area (Å²) in [7, 11) is 0. The van der Waals surface area contributed by atoms with E-state index >= 15 is 0 Å². The van der Waals surface area contributed by atoms with E-state index in [9.17, 15) is 0 Å². The first-order valence-electron chi connectivity index (χ1n) is 14.8. The van der Waals surface area contributed by atoms with E-state index in [1.54, 1.807) is 0 Å². The summed E-state index contributed by atoms with van der Waals surface area (Å²) in [5, 5.41) is 10.0. The van der Waals surface area contributed by atoms with Gasteiger partial charge in [0.2, 0.25) is 0 Å². The molecule has 9 aromatic rings. The van der Waals surface area contributed by atoms with Crippen molar-refractivity contribution in [1.82, 2.24) is 9.97 Å². The second-order valence-electron chi connectivity index (χ2n) is 11.5. The van der Waals surface area contributed by atoms with Crippen molar-refractivity contribution in [1.29, 1.82) is 0 Å². The van der Waals surface area contributed by atoms with Gasteiger partial charge in [-0.15, -0.1) is 0 Å². The summed E-state index contributed by atoms with van der Waals surface area (Å²) in [6.07, 6.45) is 0. The Balaban J connectivity index is 1.31. The molecule has 2 heteroatoms. The van der Waals surface area contributed by atoms with Crippen LogP contribution in [-0.4, -0.2) is 9.97 Å². The van der Waals surface area contributed by atoms with Gasteiger partial charge in [-0.25, -0.2) is 4.98 Å². The van der Waals surface area contributed by atoms with Crippen LogP contribution < -0.4 is 0 Å². The number of rotatable bonds is 3. The van der Waals surface area contributed by atoms with Crippen LogP contribution in [0.25, 0.3) is 87.6 Å². The SMILES string of the molecule is Cc1ccc2ccc3c(-c4cccc(-c5ccc6ccc7cccc8ccc5c6c78)c4)cc(-c4ccccc4)nc3c2n1. The average Bonchev–Trinajstić information content (AvgIpc) is 3.07. The summed E-state index contributed by atoms with van der Waals surface area (Å²) in [6.45, 7) is 2.04. The van der Waals surface area contributed by atoms with Gasteiger partial charge < -0.3 is 0 Å². The summed E-state index contributed by atoms with van der Waals surface area (Å²) in [5.41, 5.74) is 9.70. The zero-order valence-corrected chi connectivity index (χ0v) is 23.7. The third-order valence-electron chi connectivity index (χ3n) is 8.86. The first-order valence-corrected chi connectivity index (χ1v) is 14.8. The Labute approximate surface area is 249 Å². The Morgan fingerprint density at radius 2 is 1.02 bits per heavy atom. The number of pyridine rings is 2. The highest BCUT2D eigenvalue weighted by molar-refractivity contribution is 6.25. The summed E-state index contributed by atoms with van der Waals surface area (Å²) < 4.78 is 0. The second-order valence-corrected chi connectivity index (χ2v) is 11.5. The van der Waals surface area contributed by atoms with E-state index in [-0.39, 0.29) is 0 Å². The van der Waals surface area contributed by atoms with Crippen LogP contribution in [0.15, 0.2) is 140 Å². The van der Waals surface area contributed by atoms with Gasteiger partial charge in [-0.1, -0.05) is 121 Å². The molecule has 2 heterocycles. The van der Waals surface area contributed by atoms with Crippen LogP contribution in [-0.2, 0) is 0 Å². The van der Waals surface area contributed by atoms with Gasteiger partial charge in [0, 0.05) is 22.0 Å². The van der Waals surface area contributed by atoms with Crippen LogP contribution in [0.4, 0.5) is 0 Å². The highest BCUT2D eigenvalue weighted by atomic mass is 14.8. The van der Waals surface area contributed by atoms with E-state index in [0.29, 0.717) is 0 Å². The minimum Gasteiger partial charge on any atom is -0.251 e. The highest BCUT2D eigenvalue weighted by Crippen LogP contribution is 2.41. The minimum atomic E-state index is 0.936. The molecule has 0 fully saturated rings. The third kappa shape index (κ3) is 3.73. The van der Waals surface area contributed by atoms with Gasteiger partial charge in [-0.05, 0) is 79.7 Å². The predicted octanol–water partition coefficient (Wildman–Crippen LogP) is 11.0. The predicted molar refractivity (Wildman–Crippen MR) is 182 cm³/mol. The lowest BCUT2D eigenvalue weighted by molar-refractivity contribution is 1.25. The minimum absolute atomic E-state index is 0.936. The van der Waals surface area contributed by atoms with Crippen molar-refractivity contribution in [2.45, 2.75) is 6.92 Å². The Bertz CT molecular complexity index is 2490. The summed E-state index contributed by atoms with van der Waals surface area (Å²) in [5.74, 6) is 0. The van der Waals surface area contributed by atoms with Crippen molar-refractivity contribution in [2.75, 3.05) is 0 Å². The number of hydrogen-bond donors (Lipinski definition) is 0. The molecule has 0 amide bonds. The number of hydrogen-bond acceptors (Lipinski definition) is 2. The maximum absolute atomic E-state index is 5.21. The number of benzene rings is 7. The molecule has 0 atom stereocenters. The number of nitrogens with zero attached hydrogens (tertiary/aromatic N) is 2. The Morgan fingerprint density at radius 1 is 0.395 bits per heavy atom. The summed E-state index contributed by atoms with van der Waals surface area (Å²) in [4.78, 5) is 10.2. The Kier molecular flexibility index (Phi) is 5.15. The molecular weight excluding hydrogens is 520 g/mol. The molecule has 0 aliphatic rings. The highest BCUT2D eigenvalue weighted by Gasteiger charge is 2.16. The lowest BCUT2D eigenvalue weighted by Gasteiger charge is -2.16. The molecule has 0 radical (unpaired) electrons. The van der Waals surface area contributed by atoms with E-state index < -0.39 is 0 Å². The molecular formula is C41H26N2. The van der Waals surface area contributed by atoms with Crippen molar-refractivity contribution in [3.63, 3.8) is 0 Å². The zero-order chi connectivity index (χ0) is 28.5. The lowest BCUT2D eigenvalue weighted by Crippen LogP contribution is -1.94. The van der Waals surface area contributed by atoms with Crippen molar-refractivity contribution >= 4 is 54.1 Å². The molecule has 43 heavy (non-hydrogen) atoms. The maximum Gasteiger partial charge on any atom is 0.0978 e. The van der Waals surface area contributed by atoms with Crippen LogP contribution in [0.3, 0.4) is 0 Å². The standard InChI is InChI=1S/C41H26N2/c1-25-13-14-30-19-22-35-36(24-37(26-7-3-2-4-8-26)43-41(35)40(30)42-25)32-12-6-11-31(23-32)33-20-17-29-16-15-27-9-5-10-28-18-21-34(33)39(29)38(27)28/h2-24H,1H3. The van der Waals surface area contributed by atoms with Crippen LogP contribution >= 0.6 is 0 Å². The molecule has 0 spiro atoms. The van der Waals surface area contributed by atoms with Crippen LogP contribution in [0, 0.1) is 6.92 Å². The smallest absolute Gasteiger partial charge is 0.0978 e. The van der Waals surface area contributed by atoms with Gasteiger partial charge in [0.25, 0.3) is 0 Å². The summed E-state index contributed by atoms with van der Waals surface area (Å²) >= 11 is 0. The molecule has 0 unspecified atom stereocenters. The fourth-order valence-electron chi connectivity index (χ4n) is 6.81. The van der Waals surface area contributed by atoms with E-state index in [1.165, 1.54) is 49.0 Å². The first kappa shape index (κ1) is 24.0. The molecule has 0 aliphatic carbocycles. The quantitative estimate of drug-likeness (QED) is 0.206. The lowest BCUT2D eigenvalue weighted by atomic mass is 9.89. The number of aryl methyl sites for hydroxylation is 1. The van der Waals surface area contributed by atoms with E-state index in [4.69, 9.17) is 9.97 Å². The van der Waals surface area contributed by atoms with Gasteiger partial charge in [-0.3, -0.25) is 4.98 Å². The average molecular weight is 547 g/mol. The number of fused-ring (bicyclic) bond motifs is 3. The largest absolute Gasteiger partial charge is 0.251 e. The van der Waals surface area contributed by atoms with E-state index in [1.807, 2.05) is 13.0 Å². The molecule has 9 rings (SSSR count). The number of aromatic nitrogens is 2. The Hall–Kier alpha value is -5.60. The molecule has 2 nitrogen and oxygen atoms in total. The molecule has 0 bridgehead atoms. The van der Waals surface area contributed by atoms with Gasteiger partial charge in [-0.2, -0.15) is 0 Å². The van der Waals surface area contributed by atoms with Crippen molar-refractivity contribution < 1.29 is 0 Å². The molecule has 200 valence electrons. The normalized spacial score (nSPS) is 11.8. The fraction of sp³-hybridized carbons (Fsp3) is 0.0244.